The number of ether oxygens (including phenoxy) is 2. The molecular weight excluding hydrogens is 238 g/mol. The Morgan fingerprint density at radius 3 is 2.69 bits per heavy atom. The molecule has 0 fully saturated rings. The van der Waals surface area contributed by atoms with E-state index in [1.165, 1.54) is 0 Å². The van der Waals surface area contributed by atoms with Gasteiger partial charge in [0.1, 0.15) is 6.61 Å². The van der Waals surface area contributed by atoms with Gasteiger partial charge in [-0.1, -0.05) is 15.9 Å². The zero-order valence-electron chi connectivity index (χ0n) is 8.09. The Hall–Kier alpha value is -0.130. The first kappa shape index (κ1) is 12.9. The Morgan fingerprint density at radius 1 is 1.46 bits per heavy atom. The van der Waals surface area contributed by atoms with Gasteiger partial charge in [-0.3, -0.25) is 4.79 Å². The van der Waals surface area contributed by atoms with Crippen molar-refractivity contribution in [2.75, 3.05) is 45.9 Å². The predicted molar refractivity (Wildman–Crippen MR) is 54.1 cm³/mol. The molecule has 0 aliphatic carbocycles. The molecule has 0 aliphatic heterocycles. The van der Waals surface area contributed by atoms with Crippen LogP contribution in [-0.2, 0) is 14.3 Å². The molecule has 0 saturated carbocycles. The van der Waals surface area contributed by atoms with Gasteiger partial charge in [0, 0.05) is 26.0 Å². The summed E-state index contributed by atoms with van der Waals surface area (Å²) in [6.45, 7) is 1.82. The van der Waals surface area contributed by atoms with Crippen molar-refractivity contribution in [3.05, 3.63) is 0 Å². The number of amides is 1. The molecule has 0 aromatic carbocycles. The van der Waals surface area contributed by atoms with E-state index in [1.807, 2.05) is 0 Å². The SMILES string of the molecule is COCCOCC(=O)N(C)CCBr. The molecule has 78 valence electrons. The van der Waals surface area contributed by atoms with Gasteiger partial charge >= 0.3 is 0 Å². The van der Waals surface area contributed by atoms with Crippen LogP contribution in [0.1, 0.15) is 0 Å². The summed E-state index contributed by atoms with van der Waals surface area (Å²) in [5, 5.41) is 0.785. The fourth-order valence-electron chi connectivity index (χ4n) is 0.663. The lowest BCUT2D eigenvalue weighted by Crippen LogP contribution is -2.32. The van der Waals surface area contributed by atoms with Gasteiger partial charge in [-0.15, -0.1) is 0 Å². The number of halogens is 1. The van der Waals surface area contributed by atoms with E-state index < -0.39 is 0 Å². The van der Waals surface area contributed by atoms with Gasteiger partial charge in [-0.2, -0.15) is 0 Å². The van der Waals surface area contributed by atoms with Crippen LogP contribution in [0, 0.1) is 0 Å². The van der Waals surface area contributed by atoms with Gasteiger partial charge in [0.15, 0.2) is 0 Å². The summed E-state index contributed by atoms with van der Waals surface area (Å²) < 4.78 is 9.85. The summed E-state index contributed by atoms with van der Waals surface area (Å²) in [5.41, 5.74) is 0. The minimum atomic E-state index is -0.00412. The quantitative estimate of drug-likeness (QED) is 0.490. The average Bonchev–Trinajstić information content (AvgIpc) is 2.12. The summed E-state index contributed by atoms with van der Waals surface area (Å²) >= 11 is 3.26. The minimum absolute atomic E-state index is 0.00412. The number of alkyl halides is 1. The van der Waals surface area contributed by atoms with Crippen molar-refractivity contribution in [3.63, 3.8) is 0 Å². The molecule has 0 aromatic rings. The van der Waals surface area contributed by atoms with Crippen LogP contribution in [0.25, 0.3) is 0 Å². The smallest absolute Gasteiger partial charge is 0.248 e. The number of carbonyl (C=O) groups excluding carboxylic acids is 1. The molecular formula is C8H16BrNO3. The second-order valence-corrected chi connectivity index (χ2v) is 3.34. The Balaban J connectivity index is 3.38. The molecule has 4 nitrogen and oxygen atoms in total. The van der Waals surface area contributed by atoms with E-state index in [0.29, 0.717) is 19.8 Å². The van der Waals surface area contributed by atoms with E-state index in [0.717, 1.165) is 5.33 Å². The molecule has 0 unspecified atom stereocenters. The first-order valence-electron chi connectivity index (χ1n) is 4.09. The van der Waals surface area contributed by atoms with E-state index in [1.54, 1.807) is 19.1 Å². The zero-order chi connectivity index (χ0) is 10.1. The molecule has 0 rings (SSSR count). The number of methoxy groups -OCH3 is 1. The third kappa shape index (κ3) is 6.98. The van der Waals surface area contributed by atoms with E-state index in [9.17, 15) is 4.79 Å². The normalized spacial score (nSPS) is 10.1. The Bertz CT molecular complexity index is 143. The maximum Gasteiger partial charge on any atom is 0.248 e. The van der Waals surface area contributed by atoms with E-state index in [2.05, 4.69) is 15.9 Å². The third-order valence-corrected chi connectivity index (χ3v) is 1.86. The van der Waals surface area contributed by atoms with Crippen LogP contribution in [0.3, 0.4) is 0 Å². The fraction of sp³-hybridized carbons (Fsp3) is 0.875. The molecule has 0 saturated heterocycles. The van der Waals surface area contributed by atoms with Crippen LogP contribution in [0.2, 0.25) is 0 Å². The van der Waals surface area contributed by atoms with E-state index in [4.69, 9.17) is 9.47 Å². The summed E-state index contributed by atoms with van der Waals surface area (Å²) in [7, 11) is 3.35. The van der Waals surface area contributed by atoms with Crippen LogP contribution in [0.5, 0.6) is 0 Å². The number of rotatable bonds is 7. The second kappa shape index (κ2) is 8.47. The van der Waals surface area contributed by atoms with Crippen molar-refractivity contribution in [1.82, 2.24) is 4.90 Å². The van der Waals surface area contributed by atoms with E-state index in [-0.39, 0.29) is 12.5 Å². The third-order valence-electron chi connectivity index (χ3n) is 1.50. The summed E-state index contributed by atoms with van der Waals surface area (Å²) in [6.07, 6.45) is 0. The number of hydrogen-bond donors (Lipinski definition) is 0. The first-order valence-corrected chi connectivity index (χ1v) is 5.21. The number of hydrogen-bond acceptors (Lipinski definition) is 3. The number of carbonyl (C=O) groups is 1. The molecule has 0 radical (unpaired) electrons. The number of nitrogens with zero attached hydrogens (tertiary/aromatic N) is 1. The van der Waals surface area contributed by atoms with Crippen LogP contribution in [-0.4, -0.2) is 56.7 Å². The van der Waals surface area contributed by atoms with Crippen molar-refractivity contribution in [3.8, 4) is 0 Å². The Morgan fingerprint density at radius 2 is 2.15 bits per heavy atom. The summed E-state index contributed by atoms with van der Waals surface area (Å²) in [4.78, 5) is 12.9. The highest BCUT2D eigenvalue weighted by Gasteiger charge is 2.06. The molecule has 0 N–H and O–H groups in total. The highest BCUT2D eigenvalue weighted by atomic mass is 79.9. The van der Waals surface area contributed by atoms with Gasteiger partial charge in [-0.25, -0.2) is 0 Å². The highest BCUT2D eigenvalue weighted by Crippen LogP contribution is 1.89. The van der Waals surface area contributed by atoms with Crippen molar-refractivity contribution >= 4 is 21.8 Å². The molecule has 1 amide bonds. The van der Waals surface area contributed by atoms with Crippen molar-refractivity contribution in [2.24, 2.45) is 0 Å². The van der Waals surface area contributed by atoms with Gasteiger partial charge in [0.2, 0.25) is 5.91 Å². The first-order chi connectivity index (χ1) is 6.22. The molecule has 0 atom stereocenters. The molecule has 0 heterocycles. The maximum atomic E-state index is 11.2. The highest BCUT2D eigenvalue weighted by molar-refractivity contribution is 9.09. The molecule has 0 bridgehead atoms. The van der Waals surface area contributed by atoms with Crippen molar-refractivity contribution in [1.29, 1.82) is 0 Å². The monoisotopic (exact) mass is 253 g/mol. The zero-order valence-corrected chi connectivity index (χ0v) is 9.67. The fourth-order valence-corrected chi connectivity index (χ4v) is 1.20. The number of likely N-dealkylation sites (N-methyl/N-ethyl adjacent to an activating group) is 1. The second-order valence-electron chi connectivity index (χ2n) is 2.55. The van der Waals surface area contributed by atoms with Crippen LogP contribution in [0.15, 0.2) is 0 Å². The van der Waals surface area contributed by atoms with E-state index >= 15 is 0 Å². The molecule has 0 aliphatic rings. The maximum absolute atomic E-state index is 11.2. The lowest BCUT2D eigenvalue weighted by atomic mass is 10.5. The lowest BCUT2D eigenvalue weighted by molar-refractivity contribution is -0.134. The predicted octanol–water partition coefficient (Wildman–Crippen LogP) is 0.503. The molecule has 13 heavy (non-hydrogen) atoms. The minimum Gasteiger partial charge on any atom is -0.382 e. The topological polar surface area (TPSA) is 38.8 Å². The largest absolute Gasteiger partial charge is 0.382 e. The van der Waals surface area contributed by atoms with Gasteiger partial charge in [0.05, 0.1) is 13.2 Å². The van der Waals surface area contributed by atoms with Crippen LogP contribution >= 0.6 is 15.9 Å². The lowest BCUT2D eigenvalue weighted by Gasteiger charge is -2.15. The Labute approximate surface area is 87.3 Å². The van der Waals surface area contributed by atoms with Crippen LogP contribution < -0.4 is 0 Å². The molecule has 0 aromatic heterocycles. The molecule has 0 spiro atoms. The molecule has 5 heteroatoms. The standard InChI is InChI=1S/C8H16BrNO3/c1-10(4-3-9)8(11)7-13-6-5-12-2/h3-7H2,1-2H3. The van der Waals surface area contributed by atoms with Crippen molar-refractivity contribution < 1.29 is 14.3 Å². The summed E-state index contributed by atoms with van der Waals surface area (Å²) in [6, 6.07) is 0. The Kier molecular flexibility index (Phi) is 8.38. The summed E-state index contributed by atoms with van der Waals surface area (Å²) in [5.74, 6) is -0.00412. The van der Waals surface area contributed by atoms with Crippen LogP contribution in [0.4, 0.5) is 0 Å². The van der Waals surface area contributed by atoms with Gasteiger partial charge in [-0.05, 0) is 0 Å². The van der Waals surface area contributed by atoms with Gasteiger partial charge in [0.25, 0.3) is 0 Å². The average molecular weight is 254 g/mol. The van der Waals surface area contributed by atoms with Gasteiger partial charge < -0.3 is 14.4 Å². The van der Waals surface area contributed by atoms with Crippen molar-refractivity contribution in [2.45, 2.75) is 0 Å².